The van der Waals surface area contributed by atoms with E-state index in [4.69, 9.17) is 9.57 Å². The lowest BCUT2D eigenvalue weighted by atomic mass is 10.1. The molecular weight excluding hydrogens is 294 g/mol. The second-order valence-corrected chi connectivity index (χ2v) is 4.37. The molecule has 0 N–H and O–H groups in total. The minimum atomic E-state index is -0.934. The van der Waals surface area contributed by atoms with E-state index in [1.807, 2.05) is 0 Å². The van der Waals surface area contributed by atoms with Crippen LogP contribution in [0.3, 0.4) is 0 Å². The van der Waals surface area contributed by atoms with Crippen molar-refractivity contribution in [2.24, 2.45) is 0 Å². The number of rotatable bonds is 4. The van der Waals surface area contributed by atoms with Gasteiger partial charge in [0.25, 0.3) is 11.8 Å². The van der Waals surface area contributed by atoms with Crippen LogP contribution in [0.2, 0.25) is 0 Å². The van der Waals surface area contributed by atoms with Crippen molar-refractivity contribution in [3.63, 3.8) is 0 Å². The first kappa shape index (κ1) is 15.5. The van der Waals surface area contributed by atoms with Gasteiger partial charge >= 0.3 is 11.9 Å². The fourth-order valence-corrected chi connectivity index (χ4v) is 1.90. The number of amides is 2. The second kappa shape index (κ2) is 6.25. The molecule has 1 aromatic carbocycles. The second-order valence-electron chi connectivity index (χ2n) is 4.37. The number of benzene rings is 1. The van der Waals surface area contributed by atoms with Crippen molar-refractivity contribution in [1.82, 2.24) is 5.06 Å². The molecule has 1 aliphatic heterocycles. The van der Waals surface area contributed by atoms with Gasteiger partial charge < -0.3 is 14.3 Å². The first-order valence-corrected chi connectivity index (χ1v) is 6.32. The van der Waals surface area contributed by atoms with E-state index in [0.717, 1.165) is 0 Å². The Balaban J connectivity index is 2.25. The van der Waals surface area contributed by atoms with Crippen molar-refractivity contribution in [3.05, 3.63) is 29.3 Å². The van der Waals surface area contributed by atoms with Crippen LogP contribution in [0.25, 0.3) is 0 Å². The first-order chi connectivity index (χ1) is 10.5. The minimum absolute atomic E-state index is 0.00212. The van der Waals surface area contributed by atoms with Crippen LogP contribution < -0.4 is 4.74 Å². The zero-order valence-electron chi connectivity index (χ0n) is 12.0. The highest BCUT2D eigenvalue weighted by Gasteiger charge is 2.33. The highest BCUT2D eigenvalue weighted by Crippen LogP contribution is 2.22. The quantitative estimate of drug-likeness (QED) is 0.596. The summed E-state index contributed by atoms with van der Waals surface area (Å²) in [6.07, 6.45) is 0.00424. The van der Waals surface area contributed by atoms with Gasteiger partial charge in [-0.1, -0.05) is 0 Å². The zero-order chi connectivity index (χ0) is 16.3. The Morgan fingerprint density at radius 3 is 2.23 bits per heavy atom. The highest BCUT2D eigenvalue weighted by molar-refractivity contribution is 6.03. The molecule has 0 bridgehead atoms. The molecule has 0 atom stereocenters. The van der Waals surface area contributed by atoms with E-state index >= 15 is 0 Å². The molecule has 1 aromatic rings. The van der Waals surface area contributed by atoms with Crippen LogP contribution in [0.5, 0.6) is 5.75 Å². The van der Waals surface area contributed by atoms with Gasteiger partial charge in [0.15, 0.2) is 0 Å². The summed E-state index contributed by atoms with van der Waals surface area (Å²) in [5.74, 6) is -2.58. The lowest BCUT2D eigenvalue weighted by Gasteiger charge is -2.13. The van der Waals surface area contributed by atoms with E-state index < -0.39 is 23.8 Å². The van der Waals surface area contributed by atoms with Gasteiger partial charge in [-0.05, 0) is 18.2 Å². The summed E-state index contributed by atoms with van der Waals surface area (Å²) in [7, 11) is 2.55. The van der Waals surface area contributed by atoms with Crippen molar-refractivity contribution in [2.75, 3.05) is 14.2 Å². The molecule has 0 radical (unpaired) electrons. The van der Waals surface area contributed by atoms with Gasteiger partial charge in [0, 0.05) is 12.8 Å². The number of ether oxygens (including phenoxy) is 2. The molecule has 8 heteroatoms. The number of hydroxylamine groups is 2. The Labute approximate surface area is 125 Å². The van der Waals surface area contributed by atoms with Crippen LogP contribution in [-0.2, 0) is 19.2 Å². The van der Waals surface area contributed by atoms with Crippen molar-refractivity contribution in [2.45, 2.75) is 12.8 Å². The first-order valence-electron chi connectivity index (χ1n) is 6.32. The third kappa shape index (κ3) is 2.90. The molecular formula is C14H13NO7. The Hall–Kier alpha value is -2.90. The number of nitrogens with zero attached hydrogens (tertiary/aromatic N) is 1. The molecule has 0 saturated carbocycles. The van der Waals surface area contributed by atoms with E-state index in [1.165, 1.54) is 32.4 Å². The molecule has 0 unspecified atom stereocenters. The molecule has 2 rings (SSSR count). The fourth-order valence-electron chi connectivity index (χ4n) is 1.90. The lowest BCUT2D eigenvalue weighted by molar-refractivity contribution is -0.172. The molecule has 0 aromatic heterocycles. The van der Waals surface area contributed by atoms with E-state index in [9.17, 15) is 19.2 Å². The normalized spacial score (nSPS) is 14.0. The maximum Gasteiger partial charge on any atom is 0.363 e. The summed E-state index contributed by atoms with van der Waals surface area (Å²) >= 11 is 0. The lowest BCUT2D eigenvalue weighted by Crippen LogP contribution is -2.32. The average molecular weight is 307 g/mol. The van der Waals surface area contributed by atoms with Crippen molar-refractivity contribution in [1.29, 1.82) is 0 Å². The van der Waals surface area contributed by atoms with Crippen LogP contribution in [-0.4, -0.2) is 43.0 Å². The fraction of sp³-hybridized carbons (Fsp3) is 0.286. The molecule has 0 spiro atoms. The molecule has 0 aliphatic carbocycles. The van der Waals surface area contributed by atoms with E-state index in [0.29, 0.717) is 5.06 Å². The maximum absolute atomic E-state index is 12.0. The molecule has 1 saturated heterocycles. The number of methoxy groups -OCH3 is 2. The van der Waals surface area contributed by atoms with Gasteiger partial charge in [-0.25, -0.2) is 9.59 Å². The monoisotopic (exact) mass is 307 g/mol. The molecule has 2 amide bonds. The predicted molar refractivity (Wildman–Crippen MR) is 70.8 cm³/mol. The Morgan fingerprint density at radius 2 is 1.68 bits per heavy atom. The Kier molecular flexibility index (Phi) is 4.40. The van der Waals surface area contributed by atoms with E-state index in [1.54, 1.807) is 0 Å². The summed E-state index contributed by atoms with van der Waals surface area (Å²) in [6.45, 7) is 0. The maximum atomic E-state index is 12.0. The Morgan fingerprint density at radius 1 is 1.05 bits per heavy atom. The molecule has 116 valence electrons. The van der Waals surface area contributed by atoms with Crippen LogP contribution in [0.1, 0.15) is 33.6 Å². The third-order valence-corrected chi connectivity index (χ3v) is 3.02. The van der Waals surface area contributed by atoms with Gasteiger partial charge in [0.2, 0.25) is 0 Å². The number of carbonyl (C=O) groups is 4. The zero-order valence-corrected chi connectivity index (χ0v) is 12.0. The average Bonchev–Trinajstić information content (AvgIpc) is 2.85. The third-order valence-electron chi connectivity index (χ3n) is 3.02. The summed E-state index contributed by atoms with van der Waals surface area (Å²) < 4.78 is 9.59. The number of hydrogen-bond donors (Lipinski definition) is 0. The van der Waals surface area contributed by atoms with Crippen molar-refractivity contribution >= 4 is 23.8 Å². The van der Waals surface area contributed by atoms with Crippen LogP contribution in [0.4, 0.5) is 0 Å². The summed E-state index contributed by atoms with van der Waals surface area (Å²) in [6, 6.07) is 3.94. The highest BCUT2D eigenvalue weighted by atomic mass is 16.7. The summed E-state index contributed by atoms with van der Waals surface area (Å²) in [5, 5.41) is 0.435. The van der Waals surface area contributed by atoms with Crippen LogP contribution in [0, 0.1) is 0 Å². The van der Waals surface area contributed by atoms with Gasteiger partial charge in [-0.2, -0.15) is 0 Å². The number of imide groups is 1. The summed E-state index contributed by atoms with van der Waals surface area (Å²) in [5.41, 5.74) is 0.00669. The predicted octanol–water partition coefficient (Wildman–Crippen LogP) is 0.703. The van der Waals surface area contributed by atoms with Crippen LogP contribution in [0.15, 0.2) is 18.2 Å². The molecule has 1 fully saturated rings. The molecule has 22 heavy (non-hydrogen) atoms. The van der Waals surface area contributed by atoms with Crippen molar-refractivity contribution in [3.8, 4) is 5.75 Å². The van der Waals surface area contributed by atoms with Gasteiger partial charge in [0.05, 0.1) is 19.8 Å². The van der Waals surface area contributed by atoms with Gasteiger partial charge in [-0.15, -0.1) is 5.06 Å². The van der Waals surface area contributed by atoms with E-state index in [-0.39, 0.29) is 29.7 Å². The van der Waals surface area contributed by atoms with Gasteiger partial charge in [-0.3, -0.25) is 9.59 Å². The smallest absolute Gasteiger partial charge is 0.363 e. The topological polar surface area (TPSA) is 99.2 Å². The number of esters is 1. The summed E-state index contributed by atoms with van der Waals surface area (Å²) in [4.78, 5) is 51.2. The SMILES string of the molecule is COC(=O)c1cc(C(=O)ON2C(=O)CCC2=O)ccc1OC. The standard InChI is InChI=1S/C14H13NO7/c1-20-10-4-3-8(7-9(10)14(19)21-2)13(18)22-15-11(16)5-6-12(15)17/h3-4,7H,5-6H2,1-2H3. The van der Waals surface area contributed by atoms with Crippen molar-refractivity contribution < 1.29 is 33.5 Å². The molecule has 1 aliphatic rings. The van der Waals surface area contributed by atoms with Crippen LogP contribution >= 0.6 is 0 Å². The number of carbonyl (C=O) groups excluding carboxylic acids is 4. The minimum Gasteiger partial charge on any atom is -0.496 e. The van der Waals surface area contributed by atoms with Gasteiger partial charge in [0.1, 0.15) is 11.3 Å². The number of hydrogen-bond acceptors (Lipinski definition) is 7. The molecule has 1 heterocycles. The molecule has 8 nitrogen and oxygen atoms in total. The largest absolute Gasteiger partial charge is 0.496 e. The van der Waals surface area contributed by atoms with E-state index in [2.05, 4.69) is 4.74 Å². The Bertz CT molecular complexity index is 637.